The predicted octanol–water partition coefficient (Wildman–Crippen LogP) is 4.41. The van der Waals surface area contributed by atoms with Gasteiger partial charge in [-0.2, -0.15) is 0 Å². The molecule has 0 spiro atoms. The van der Waals surface area contributed by atoms with Crippen LogP contribution in [0.3, 0.4) is 0 Å². The van der Waals surface area contributed by atoms with Crippen LogP contribution in [-0.2, 0) is 41.7 Å². The Morgan fingerprint density at radius 3 is 2.25 bits per heavy atom. The maximum absolute atomic E-state index is 14.7. The average molecular weight is 746 g/mol. The van der Waals surface area contributed by atoms with E-state index in [2.05, 4.69) is 20.9 Å². The number of aromatic nitrogens is 1. The highest BCUT2D eigenvalue weighted by Crippen LogP contribution is 2.40. The van der Waals surface area contributed by atoms with Crippen molar-refractivity contribution in [3.05, 3.63) is 95.3 Å². The zero-order valence-corrected chi connectivity index (χ0v) is 32.4. The summed E-state index contributed by atoms with van der Waals surface area (Å²) in [5.41, 5.74) is 2.72. The third kappa shape index (κ3) is 12.1. The van der Waals surface area contributed by atoms with Gasteiger partial charge in [-0.1, -0.05) is 54.6 Å². The molecule has 3 aromatic rings. The predicted molar refractivity (Wildman–Crippen MR) is 204 cm³/mol. The summed E-state index contributed by atoms with van der Waals surface area (Å²) >= 11 is 1.43. The Morgan fingerprint density at radius 2 is 1.60 bits per heavy atom. The van der Waals surface area contributed by atoms with Gasteiger partial charge in [-0.25, -0.2) is 0 Å². The number of carbonyl (C=O) groups excluding carboxylic acids is 5. The molecular weight excluding hydrogens is 695 g/mol. The Morgan fingerprint density at radius 1 is 0.925 bits per heavy atom. The van der Waals surface area contributed by atoms with Crippen LogP contribution < -0.4 is 20.7 Å². The van der Waals surface area contributed by atoms with Crippen molar-refractivity contribution in [1.82, 2.24) is 25.8 Å². The topological polar surface area (TPSA) is 156 Å². The fourth-order valence-electron chi connectivity index (χ4n) is 6.04. The normalized spacial score (nSPS) is 16.2. The van der Waals surface area contributed by atoms with Gasteiger partial charge in [-0.15, -0.1) is 11.8 Å². The SMILES string of the molecule is Cc1cccc(C)c1OCC(=O)N[C@@H](Cc1ccccc1)[C@H](OC(=O)CCC(=O)NCc1cccnc1)C(=O)N1CSC(C)(C)[C@H]1C(=O)NC(C)(C)C. The molecule has 1 aliphatic rings. The molecular formula is C40H51N5O7S. The number of nitrogens with zero attached hydrogens (tertiary/aromatic N) is 2. The molecule has 3 N–H and O–H groups in total. The Kier molecular flexibility index (Phi) is 14.0. The minimum atomic E-state index is -1.54. The first-order valence-corrected chi connectivity index (χ1v) is 18.7. The summed E-state index contributed by atoms with van der Waals surface area (Å²) in [6.07, 6.45) is 1.33. The van der Waals surface area contributed by atoms with Crippen molar-refractivity contribution in [2.45, 2.75) is 103 Å². The minimum Gasteiger partial charge on any atom is -0.483 e. The van der Waals surface area contributed by atoms with E-state index in [1.54, 1.807) is 18.5 Å². The highest BCUT2D eigenvalue weighted by molar-refractivity contribution is 8.00. The van der Waals surface area contributed by atoms with Gasteiger partial charge in [-0.05, 0) is 83.2 Å². The second-order valence-electron chi connectivity index (χ2n) is 14.7. The molecule has 0 aliphatic carbocycles. The van der Waals surface area contributed by atoms with Gasteiger partial charge in [0.2, 0.25) is 17.9 Å². The fraction of sp³-hybridized carbons (Fsp3) is 0.450. The van der Waals surface area contributed by atoms with E-state index in [9.17, 15) is 24.0 Å². The van der Waals surface area contributed by atoms with Crippen molar-refractivity contribution in [3.63, 3.8) is 0 Å². The van der Waals surface area contributed by atoms with Crippen LogP contribution in [0.5, 0.6) is 5.75 Å². The van der Waals surface area contributed by atoms with Gasteiger partial charge in [0.1, 0.15) is 11.8 Å². The number of rotatable bonds is 15. The van der Waals surface area contributed by atoms with Gasteiger partial charge in [0.05, 0.1) is 18.3 Å². The number of hydrogen-bond donors (Lipinski definition) is 3. The lowest BCUT2D eigenvalue weighted by molar-refractivity contribution is -0.164. The van der Waals surface area contributed by atoms with Gasteiger partial charge in [-0.3, -0.25) is 29.0 Å². The quantitative estimate of drug-likeness (QED) is 0.192. The van der Waals surface area contributed by atoms with Gasteiger partial charge in [0, 0.05) is 35.6 Å². The number of benzene rings is 2. The van der Waals surface area contributed by atoms with Gasteiger partial charge in [0.25, 0.3) is 11.8 Å². The van der Waals surface area contributed by atoms with Crippen LogP contribution in [0.15, 0.2) is 73.1 Å². The van der Waals surface area contributed by atoms with E-state index in [1.165, 1.54) is 16.7 Å². The maximum atomic E-state index is 14.7. The van der Waals surface area contributed by atoms with E-state index in [0.717, 1.165) is 22.3 Å². The summed E-state index contributed by atoms with van der Waals surface area (Å²) in [5.74, 6) is -1.97. The number of para-hydroxylation sites is 1. The number of thioether (sulfide) groups is 1. The van der Waals surface area contributed by atoms with Crippen molar-refractivity contribution in [3.8, 4) is 5.75 Å². The lowest BCUT2D eigenvalue weighted by Gasteiger charge is -2.36. The van der Waals surface area contributed by atoms with Crippen molar-refractivity contribution < 1.29 is 33.4 Å². The molecule has 2 aromatic carbocycles. The fourth-order valence-corrected chi connectivity index (χ4v) is 7.18. The molecule has 0 radical (unpaired) electrons. The molecule has 3 atom stereocenters. The summed E-state index contributed by atoms with van der Waals surface area (Å²) in [6.45, 7) is 13.0. The number of nitrogens with one attached hydrogen (secondary N) is 3. The Hall–Kier alpha value is -4.91. The number of aryl methyl sites for hydroxylation is 2. The van der Waals surface area contributed by atoms with Crippen LogP contribution in [-0.4, -0.2) is 80.4 Å². The first kappa shape index (κ1) is 40.9. The van der Waals surface area contributed by atoms with E-state index >= 15 is 0 Å². The molecule has 13 heteroatoms. The molecule has 1 fully saturated rings. The standard InChI is InChI=1S/C40H51N5O7S/c1-26-13-11-14-27(2)34(26)51-24-32(47)43-30(21-28-15-9-8-10-16-28)35(52-33(48)19-18-31(46)42-23-29-17-12-20-41-22-29)38(50)45-25-53-40(6,7)36(45)37(49)44-39(3,4)5/h8-17,20,22,30,35-36H,18-19,21,23-25H2,1-7H3,(H,42,46)(H,43,47)(H,44,49)/t30-,35-,36+/m0/s1. The second kappa shape index (κ2) is 18.2. The smallest absolute Gasteiger partial charge is 0.307 e. The Labute approximate surface area is 316 Å². The monoisotopic (exact) mass is 745 g/mol. The number of pyridine rings is 1. The summed E-state index contributed by atoms with van der Waals surface area (Å²) in [6, 6.07) is 16.5. The van der Waals surface area contributed by atoms with E-state index in [1.807, 2.05) is 103 Å². The van der Waals surface area contributed by atoms with E-state index in [4.69, 9.17) is 9.47 Å². The summed E-state index contributed by atoms with van der Waals surface area (Å²) < 4.78 is 11.2. The molecule has 4 amide bonds. The maximum Gasteiger partial charge on any atom is 0.307 e. The highest BCUT2D eigenvalue weighted by atomic mass is 32.2. The van der Waals surface area contributed by atoms with Crippen molar-refractivity contribution in [2.24, 2.45) is 0 Å². The average Bonchev–Trinajstić information content (AvgIpc) is 3.43. The van der Waals surface area contributed by atoms with Crippen molar-refractivity contribution in [1.29, 1.82) is 0 Å². The van der Waals surface area contributed by atoms with E-state index in [-0.39, 0.29) is 50.1 Å². The zero-order valence-electron chi connectivity index (χ0n) is 31.6. The highest BCUT2D eigenvalue weighted by Gasteiger charge is 2.51. The number of carbonyl (C=O) groups is 5. The van der Waals surface area contributed by atoms with Gasteiger partial charge >= 0.3 is 5.97 Å². The van der Waals surface area contributed by atoms with Gasteiger partial charge in [0.15, 0.2) is 6.61 Å². The van der Waals surface area contributed by atoms with Crippen molar-refractivity contribution >= 4 is 41.4 Å². The molecule has 1 saturated heterocycles. The van der Waals surface area contributed by atoms with Crippen LogP contribution in [0, 0.1) is 13.8 Å². The summed E-state index contributed by atoms with van der Waals surface area (Å²) in [5, 5.41) is 8.66. The molecule has 1 aliphatic heterocycles. The van der Waals surface area contributed by atoms with Crippen LogP contribution >= 0.6 is 11.8 Å². The van der Waals surface area contributed by atoms with Crippen molar-refractivity contribution in [2.75, 3.05) is 12.5 Å². The molecule has 53 heavy (non-hydrogen) atoms. The summed E-state index contributed by atoms with van der Waals surface area (Å²) in [7, 11) is 0. The first-order chi connectivity index (χ1) is 25.0. The zero-order chi connectivity index (χ0) is 38.8. The van der Waals surface area contributed by atoms with Crippen LogP contribution in [0.1, 0.15) is 69.7 Å². The number of ether oxygens (including phenoxy) is 2. The van der Waals surface area contributed by atoms with Crippen LogP contribution in [0.25, 0.3) is 0 Å². The third-order valence-electron chi connectivity index (χ3n) is 8.61. The molecule has 0 bridgehead atoms. The minimum absolute atomic E-state index is 0.120. The number of esters is 1. The molecule has 12 nitrogen and oxygen atoms in total. The third-order valence-corrected chi connectivity index (χ3v) is 9.99. The second-order valence-corrected chi connectivity index (χ2v) is 16.3. The Balaban J connectivity index is 1.61. The largest absolute Gasteiger partial charge is 0.483 e. The van der Waals surface area contributed by atoms with E-state index < -0.39 is 46.3 Å². The molecule has 0 unspecified atom stereocenters. The van der Waals surface area contributed by atoms with E-state index in [0.29, 0.717) is 5.75 Å². The molecule has 0 saturated carbocycles. The molecule has 1 aromatic heterocycles. The van der Waals surface area contributed by atoms with Gasteiger partial charge < -0.3 is 30.3 Å². The Bertz CT molecular complexity index is 1730. The number of hydrogen-bond acceptors (Lipinski definition) is 9. The van der Waals surface area contributed by atoms with Crippen LogP contribution in [0.4, 0.5) is 0 Å². The molecule has 284 valence electrons. The number of amides is 4. The lowest BCUT2D eigenvalue weighted by Crippen LogP contribution is -2.61. The van der Waals surface area contributed by atoms with Crippen LogP contribution in [0.2, 0.25) is 0 Å². The lowest BCUT2D eigenvalue weighted by atomic mass is 9.96. The first-order valence-electron chi connectivity index (χ1n) is 17.7. The molecule has 2 heterocycles. The summed E-state index contributed by atoms with van der Waals surface area (Å²) in [4.78, 5) is 73.7. The molecule has 4 rings (SSSR count).